The minimum Gasteiger partial charge on any atom is -0.393 e. The summed E-state index contributed by atoms with van der Waals surface area (Å²) < 4.78 is 5.88. The van der Waals surface area contributed by atoms with Gasteiger partial charge in [0.25, 0.3) is 0 Å². The van der Waals surface area contributed by atoms with Gasteiger partial charge in [-0.2, -0.15) is 0 Å². The zero-order chi connectivity index (χ0) is 36.0. The summed E-state index contributed by atoms with van der Waals surface area (Å²) in [4.78, 5) is 12.8. The van der Waals surface area contributed by atoms with Crippen LogP contribution in [0.2, 0.25) is 0 Å². The SMILES string of the molecule is CCCCCCCCCCCCCCCCCCCCCCCCCC(=O)NC(COC1C/C=C\CC(O)C(O)C1O)C(O)CC(O)CC. The van der Waals surface area contributed by atoms with Crippen molar-refractivity contribution in [1.82, 2.24) is 5.32 Å². The van der Waals surface area contributed by atoms with Crippen molar-refractivity contribution in [2.75, 3.05) is 6.61 Å². The molecule has 0 saturated heterocycles. The average Bonchev–Trinajstić information content (AvgIpc) is 3.09. The number of nitrogens with one attached hydrogen (secondary N) is 1. The van der Waals surface area contributed by atoms with Crippen LogP contribution in [0.5, 0.6) is 0 Å². The molecule has 1 rings (SSSR count). The first-order valence-corrected chi connectivity index (χ1v) is 20.8. The van der Waals surface area contributed by atoms with Crippen LogP contribution in [0.25, 0.3) is 0 Å². The van der Waals surface area contributed by atoms with Crippen LogP contribution in [-0.2, 0) is 9.53 Å². The Morgan fingerprint density at radius 2 is 1.08 bits per heavy atom. The number of carbonyl (C=O) groups excluding carboxylic acids is 1. The monoisotopic (exact) mass is 698 g/mol. The minimum atomic E-state index is -1.35. The Bertz CT molecular complexity index is 781. The second kappa shape index (κ2) is 31.7. The van der Waals surface area contributed by atoms with Crippen LogP contribution in [0.15, 0.2) is 12.2 Å². The van der Waals surface area contributed by atoms with Crippen molar-refractivity contribution in [2.24, 2.45) is 0 Å². The normalized spacial score (nSPS) is 22.3. The molecule has 49 heavy (non-hydrogen) atoms. The molecule has 7 unspecified atom stereocenters. The Kier molecular flexibility index (Phi) is 29.7. The fourth-order valence-electron chi connectivity index (χ4n) is 6.79. The molecule has 290 valence electrons. The maximum absolute atomic E-state index is 12.8. The lowest BCUT2D eigenvalue weighted by Gasteiger charge is -2.32. The van der Waals surface area contributed by atoms with Crippen molar-refractivity contribution in [1.29, 1.82) is 0 Å². The van der Waals surface area contributed by atoms with Crippen LogP contribution in [-0.4, -0.2) is 80.7 Å². The summed E-state index contributed by atoms with van der Waals surface area (Å²) in [6, 6.07) is -0.762. The number of amides is 1. The Labute approximate surface area is 300 Å². The van der Waals surface area contributed by atoms with Gasteiger partial charge in [-0.1, -0.05) is 167 Å². The van der Waals surface area contributed by atoms with E-state index in [1.54, 1.807) is 12.2 Å². The third-order valence-electron chi connectivity index (χ3n) is 10.3. The van der Waals surface area contributed by atoms with Crippen LogP contribution in [0, 0.1) is 0 Å². The molecule has 0 spiro atoms. The smallest absolute Gasteiger partial charge is 0.220 e. The number of hydrogen-bond donors (Lipinski definition) is 6. The Morgan fingerprint density at radius 3 is 1.53 bits per heavy atom. The van der Waals surface area contributed by atoms with Crippen molar-refractivity contribution >= 4 is 5.91 Å². The molecule has 0 radical (unpaired) electrons. The van der Waals surface area contributed by atoms with E-state index in [1.807, 2.05) is 6.92 Å². The highest BCUT2D eigenvalue weighted by molar-refractivity contribution is 5.76. The third-order valence-corrected chi connectivity index (χ3v) is 10.3. The predicted molar refractivity (Wildman–Crippen MR) is 201 cm³/mol. The first-order chi connectivity index (χ1) is 23.8. The van der Waals surface area contributed by atoms with Crippen molar-refractivity contribution in [3.05, 3.63) is 12.2 Å². The molecule has 0 heterocycles. The molecule has 0 aromatic rings. The Morgan fingerprint density at radius 1 is 0.653 bits per heavy atom. The standard InChI is InChI=1S/C41H79NO7/c1-3-5-6-7-8-9-10-11-12-13-14-15-16-17-18-19-20-21-22-23-24-25-26-31-39(46)42-35(37(45)32-34(43)4-2)33-49-38-30-28-27-29-36(44)40(47)41(38)48/h27-28,34-38,40-41,43-45,47-48H,3-26,29-33H2,1-2H3,(H,42,46)/b28-27-. The minimum absolute atomic E-state index is 0.0822. The maximum atomic E-state index is 12.8. The van der Waals surface area contributed by atoms with Gasteiger partial charge in [-0.3, -0.25) is 4.79 Å². The first kappa shape index (κ1) is 46.0. The first-order valence-electron chi connectivity index (χ1n) is 20.8. The van der Waals surface area contributed by atoms with E-state index in [2.05, 4.69) is 12.2 Å². The molecule has 0 saturated carbocycles. The lowest BCUT2D eigenvalue weighted by Crippen LogP contribution is -2.50. The maximum Gasteiger partial charge on any atom is 0.220 e. The van der Waals surface area contributed by atoms with Crippen LogP contribution < -0.4 is 5.32 Å². The van der Waals surface area contributed by atoms with E-state index in [-0.39, 0.29) is 25.4 Å². The van der Waals surface area contributed by atoms with Crippen LogP contribution >= 0.6 is 0 Å². The number of ether oxygens (including phenoxy) is 1. The van der Waals surface area contributed by atoms with E-state index in [0.29, 0.717) is 19.3 Å². The fourth-order valence-corrected chi connectivity index (χ4v) is 6.79. The molecule has 0 fully saturated rings. The average molecular weight is 698 g/mol. The number of unbranched alkanes of at least 4 members (excludes halogenated alkanes) is 22. The van der Waals surface area contributed by atoms with Crippen LogP contribution in [0.4, 0.5) is 0 Å². The summed E-state index contributed by atoms with van der Waals surface area (Å²) in [5.74, 6) is -0.171. The highest BCUT2D eigenvalue weighted by Gasteiger charge is 2.33. The Hall–Kier alpha value is -1.03. The molecule has 8 nitrogen and oxygen atoms in total. The number of aliphatic hydroxyl groups excluding tert-OH is 5. The highest BCUT2D eigenvalue weighted by Crippen LogP contribution is 2.19. The van der Waals surface area contributed by atoms with Gasteiger partial charge in [0.05, 0.1) is 37.1 Å². The lowest BCUT2D eigenvalue weighted by atomic mass is 9.95. The van der Waals surface area contributed by atoms with Crippen molar-refractivity contribution in [3.8, 4) is 0 Å². The predicted octanol–water partition coefficient (Wildman–Crippen LogP) is 8.19. The largest absolute Gasteiger partial charge is 0.393 e. The van der Waals surface area contributed by atoms with E-state index in [4.69, 9.17) is 4.74 Å². The van der Waals surface area contributed by atoms with Crippen molar-refractivity contribution < 1.29 is 35.1 Å². The quantitative estimate of drug-likeness (QED) is 0.0308. The lowest BCUT2D eigenvalue weighted by molar-refractivity contribution is -0.134. The van der Waals surface area contributed by atoms with E-state index >= 15 is 0 Å². The van der Waals surface area contributed by atoms with Crippen LogP contribution in [0.3, 0.4) is 0 Å². The number of carbonyl (C=O) groups is 1. The molecule has 0 aromatic heterocycles. The summed E-state index contributed by atoms with van der Waals surface area (Å²) in [6.07, 6.45) is 29.3. The molecule has 8 heteroatoms. The van der Waals surface area contributed by atoms with Gasteiger partial charge in [-0.25, -0.2) is 0 Å². The van der Waals surface area contributed by atoms with E-state index in [0.717, 1.165) is 19.3 Å². The number of rotatable bonds is 32. The fraction of sp³-hybridized carbons (Fsp3) is 0.927. The molecule has 0 aromatic carbocycles. The topological polar surface area (TPSA) is 139 Å². The molecular formula is C41H79NO7. The zero-order valence-electron chi connectivity index (χ0n) is 31.8. The van der Waals surface area contributed by atoms with Gasteiger partial charge < -0.3 is 35.6 Å². The van der Waals surface area contributed by atoms with Gasteiger partial charge in [0.15, 0.2) is 0 Å². The van der Waals surface area contributed by atoms with Gasteiger partial charge in [-0.15, -0.1) is 0 Å². The van der Waals surface area contributed by atoms with E-state index < -0.39 is 42.7 Å². The van der Waals surface area contributed by atoms with Gasteiger partial charge in [0.1, 0.15) is 12.2 Å². The van der Waals surface area contributed by atoms with Gasteiger partial charge in [-0.05, 0) is 25.7 Å². The molecule has 6 N–H and O–H groups in total. The second-order valence-electron chi connectivity index (χ2n) is 14.9. The molecule has 1 aliphatic rings. The van der Waals surface area contributed by atoms with E-state index in [9.17, 15) is 30.3 Å². The van der Waals surface area contributed by atoms with Crippen molar-refractivity contribution in [3.63, 3.8) is 0 Å². The molecule has 1 aliphatic carbocycles. The summed E-state index contributed by atoms with van der Waals surface area (Å²) in [7, 11) is 0. The van der Waals surface area contributed by atoms with Crippen molar-refractivity contribution in [2.45, 2.75) is 236 Å². The molecule has 1 amide bonds. The molecule has 7 atom stereocenters. The summed E-state index contributed by atoms with van der Waals surface area (Å²) >= 11 is 0. The number of aliphatic hydroxyl groups is 5. The van der Waals surface area contributed by atoms with Gasteiger partial charge in [0.2, 0.25) is 5.91 Å². The Balaban J connectivity index is 2.09. The van der Waals surface area contributed by atoms with E-state index in [1.165, 1.54) is 128 Å². The molecule has 0 bridgehead atoms. The highest BCUT2D eigenvalue weighted by atomic mass is 16.5. The summed E-state index contributed by atoms with van der Waals surface area (Å²) in [5.41, 5.74) is 0. The second-order valence-corrected chi connectivity index (χ2v) is 14.9. The summed E-state index contributed by atoms with van der Waals surface area (Å²) in [6.45, 7) is 4.03. The van der Waals surface area contributed by atoms with Crippen LogP contribution in [0.1, 0.15) is 194 Å². The zero-order valence-corrected chi connectivity index (χ0v) is 31.8. The molecular weight excluding hydrogens is 618 g/mol. The third kappa shape index (κ3) is 24.7. The van der Waals surface area contributed by atoms with Gasteiger partial charge in [0, 0.05) is 12.8 Å². The summed E-state index contributed by atoms with van der Waals surface area (Å²) in [5, 5.41) is 54.5. The van der Waals surface area contributed by atoms with Gasteiger partial charge >= 0.3 is 0 Å². The number of hydrogen-bond acceptors (Lipinski definition) is 7. The molecule has 0 aliphatic heterocycles.